The maximum absolute atomic E-state index is 14.1. The predicted octanol–water partition coefficient (Wildman–Crippen LogP) is 5.24. The lowest BCUT2D eigenvalue weighted by Gasteiger charge is -2.21. The van der Waals surface area contributed by atoms with Gasteiger partial charge in [-0.1, -0.05) is 6.07 Å². The molecule has 0 saturated heterocycles. The molecule has 0 radical (unpaired) electrons. The fourth-order valence-electron chi connectivity index (χ4n) is 2.10. The molecule has 0 aliphatic heterocycles. The number of halogens is 3. The Bertz CT molecular complexity index is 580. The van der Waals surface area contributed by atoms with Gasteiger partial charge >= 0.3 is 0 Å². The molecule has 0 atom stereocenters. The molecule has 0 bridgehead atoms. The van der Waals surface area contributed by atoms with Crippen molar-refractivity contribution in [1.29, 1.82) is 0 Å². The van der Waals surface area contributed by atoms with Crippen molar-refractivity contribution in [1.82, 2.24) is 0 Å². The molecule has 2 rings (SSSR count). The second kappa shape index (κ2) is 5.35. The Kier molecular flexibility index (Phi) is 3.93. The van der Waals surface area contributed by atoms with E-state index in [4.69, 9.17) is 4.74 Å². The molecule has 0 amide bonds. The van der Waals surface area contributed by atoms with E-state index in [1.807, 2.05) is 19.9 Å². The number of benzene rings is 1. The van der Waals surface area contributed by atoms with Crippen molar-refractivity contribution in [2.24, 2.45) is 0 Å². The van der Waals surface area contributed by atoms with Crippen LogP contribution < -0.4 is 4.74 Å². The largest absolute Gasteiger partial charge is 0.455 e. The van der Waals surface area contributed by atoms with Crippen LogP contribution in [-0.2, 0) is 0 Å². The van der Waals surface area contributed by atoms with E-state index in [2.05, 4.69) is 0 Å². The Labute approximate surface area is 116 Å². The summed E-state index contributed by atoms with van der Waals surface area (Å²) in [5.74, 6) is -3.76. The van der Waals surface area contributed by atoms with Crippen LogP contribution in [0.4, 0.5) is 13.2 Å². The number of alkyl halides is 2. The summed E-state index contributed by atoms with van der Waals surface area (Å²) in [6, 6.07) is 5.32. The number of hydrogen-bond acceptors (Lipinski definition) is 1. The van der Waals surface area contributed by atoms with E-state index in [0.717, 1.165) is 11.1 Å². The molecule has 0 aromatic heterocycles. The highest BCUT2D eigenvalue weighted by molar-refractivity contribution is 5.39. The molecule has 4 heteroatoms. The van der Waals surface area contributed by atoms with Crippen molar-refractivity contribution in [2.45, 2.75) is 39.5 Å². The van der Waals surface area contributed by atoms with Crippen LogP contribution in [0.1, 0.15) is 30.9 Å². The third-order valence-electron chi connectivity index (χ3n) is 3.44. The SMILES string of the molecule is Cc1ccc(OC2=CCCC(C(C)(F)F)=C2F)cc1C. The van der Waals surface area contributed by atoms with Crippen molar-refractivity contribution in [3.8, 4) is 5.75 Å². The van der Waals surface area contributed by atoms with E-state index in [0.29, 0.717) is 19.1 Å². The molecule has 0 N–H and O–H groups in total. The van der Waals surface area contributed by atoms with Gasteiger partial charge in [-0.05, 0) is 56.0 Å². The Morgan fingerprint density at radius 1 is 1.15 bits per heavy atom. The van der Waals surface area contributed by atoms with Crippen LogP contribution in [0.25, 0.3) is 0 Å². The average molecular weight is 282 g/mol. The van der Waals surface area contributed by atoms with Gasteiger partial charge in [-0.3, -0.25) is 0 Å². The van der Waals surface area contributed by atoms with Crippen LogP contribution in [0.15, 0.2) is 41.4 Å². The van der Waals surface area contributed by atoms with Gasteiger partial charge in [0.15, 0.2) is 11.6 Å². The average Bonchev–Trinajstić information content (AvgIpc) is 2.35. The zero-order valence-corrected chi connectivity index (χ0v) is 11.8. The highest BCUT2D eigenvalue weighted by atomic mass is 19.3. The van der Waals surface area contributed by atoms with Gasteiger partial charge in [-0.25, -0.2) is 13.2 Å². The highest BCUT2D eigenvalue weighted by Crippen LogP contribution is 2.37. The number of allylic oxidation sites excluding steroid dienone is 3. The molecule has 1 aliphatic rings. The second-order valence-corrected chi connectivity index (χ2v) is 5.14. The summed E-state index contributed by atoms with van der Waals surface area (Å²) in [6.07, 6.45) is 1.89. The van der Waals surface area contributed by atoms with Gasteiger partial charge < -0.3 is 4.74 Å². The van der Waals surface area contributed by atoms with Crippen LogP contribution in [0.2, 0.25) is 0 Å². The molecule has 0 fully saturated rings. The Balaban J connectivity index is 2.27. The molecule has 20 heavy (non-hydrogen) atoms. The van der Waals surface area contributed by atoms with Gasteiger partial charge in [0.25, 0.3) is 5.92 Å². The van der Waals surface area contributed by atoms with E-state index in [9.17, 15) is 13.2 Å². The third-order valence-corrected chi connectivity index (χ3v) is 3.44. The first-order chi connectivity index (χ1) is 9.29. The van der Waals surface area contributed by atoms with Crippen molar-refractivity contribution < 1.29 is 17.9 Å². The van der Waals surface area contributed by atoms with Crippen LogP contribution in [-0.4, -0.2) is 5.92 Å². The molecule has 1 aromatic carbocycles. The molecule has 1 nitrogen and oxygen atoms in total. The smallest absolute Gasteiger partial charge is 0.269 e. The Hall–Kier alpha value is -1.71. The summed E-state index contributed by atoms with van der Waals surface area (Å²) in [6.45, 7) is 4.57. The summed E-state index contributed by atoms with van der Waals surface area (Å²) in [4.78, 5) is 0. The van der Waals surface area contributed by atoms with Crippen molar-refractivity contribution in [3.05, 3.63) is 52.6 Å². The number of rotatable bonds is 3. The molecular formula is C16H17F3O. The first kappa shape index (κ1) is 14.7. The zero-order chi connectivity index (χ0) is 14.9. The Morgan fingerprint density at radius 2 is 1.85 bits per heavy atom. The molecule has 108 valence electrons. The summed E-state index contributed by atoms with van der Waals surface area (Å²) in [5, 5.41) is 0. The molecule has 0 heterocycles. The molecule has 1 aliphatic carbocycles. The van der Waals surface area contributed by atoms with Crippen LogP contribution in [0.5, 0.6) is 5.75 Å². The first-order valence-corrected chi connectivity index (χ1v) is 6.51. The quantitative estimate of drug-likeness (QED) is 0.736. The lowest BCUT2D eigenvalue weighted by atomic mass is 9.98. The predicted molar refractivity (Wildman–Crippen MR) is 72.6 cm³/mol. The lowest BCUT2D eigenvalue weighted by molar-refractivity contribution is 0.0554. The summed E-state index contributed by atoms with van der Waals surface area (Å²) in [7, 11) is 0. The van der Waals surface area contributed by atoms with Gasteiger partial charge in [-0.15, -0.1) is 0 Å². The molecule has 0 saturated carbocycles. The zero-order valence-electron chi connectivity index (χ0n) is 11.8. The van der Waals surface area contributed by atoms with Crippen molar-refractivity contribution >= 4 is 0 Å². The molecule has 0 spiro atoms. The van der Waals surface area contributed by atoms with Crippen LogP contribution in [0.3, 0.4) is 0 Å². The molecule has 0 unspecified atom stereocenters. The topological polar surface area (TPSA) is 9.23 Å². The molecule has 1 aromatic rings. The van der Waals surface area contributed by atoms with Gasteiger partial charge in [0.1, 0.15) is 5.75 Å². The lowest BCUT2D eigenvalue weighted by Crippen LogP contribution is -2.19. The number of hydrogen-bond donors (Lipinski definition) is 0. The fraction of sp³-hybridized carbons (Fsp3) is 0.375. The highest BCUT2D eigenvalue weighted by Gasteiger charge is 2.34. The van der Waals surface area contributed by atoms with E-state index in [-0.39, 0.29) is 12.2 Å². The summed E-state index contributed by atoms with van der Waals surface area (Å²) in [5.41, 5.74) is 1.61. The Morgan fingerprint density at radius 3 is 2.45 bits per heavy atom. The number of aryl methyl sites for hydroxylation is 2. The van der Waals surface area contributed by atoms with E-state index in [1.54, 1.807) is 12.1 Å². The normalized spacial score (nSPS) is 16.2. The maximum Gasteiger partial charge on any atom is 0.269 e. The summed E-state index contributed by atoms with van der Waals surface area (Å²) >= 11 is 0. The number of ether oxygens (including phenoxy) is 1. The van der Waals surface area contributed by atoms with E-state index >= 15 is 0 Å². The minimum absolute atomic E-state index is 0.0229. The summed E-state index contributed by atoms with van der Waals surface area (Å²) < 4.78 is 46.1. The second-order valence-electron chi connectivity index (χ2n) is 5.14. The third kappa shape index (κ3) is 3.06. The molecular weight excluding hydrogens is 265 g/mol. The monoisotopic (exact) mass is 282 g/mol. The van der Waals surface area contributed by atoms with Crippen LogP contribution in [0, 0.1) is 13.8 Å². The van der Waals surface area contributed by atoms with Gasteiger partial charge in [0.05, 0.1) is 0 Å². The maximum atomic E-state index is 14.1. The van der Waals surface area contributed by atoms with Gasteiger partial charge in [0.2, 0.25) is 0 Å². The van der Waals surface area contributed by atoms with E-state index in [1.165, 1.54) is 6.08 Å². The standard InChI is InChI=1S/C16H17F3O/c1-10-7-8-12(9-11(10)2)20-14-6-4-5-13(15(14)17)16(3,18)19/h6-9H,4-5H2,1-3H3. The first-order valence-electron chi connectivity index (χ1n) is 6.51. The van der Waals surface area contributed by atoms with Crippen LogP contribution >= 0.6 is 0 Å². The van der Waals surface area contributed by atoms with Gasteiger partial charge in [-0.2, -0.15) is 0 Å². The minimum atomic E-state index is -3.16. The van der Waals surface area contributed by atoms with Crippen molar-refractivity contribution in [3.63, 3.8) is 0 Å². The van der Waals surface area contributed by atoms with Gasteiger partial charge in [0, 0.05) is 12.5 Å². The van der Waals surface area contributed by atoms with Crippen molar-refractivity contribution in [2.75, 3.05) is 0 Å². The minimum Gasteiger partial charge on any atom is -0.455 e. The fourth-order valence-corrected chi connectivity index (χ4v) is 2.10. The van der Waals surface area contributed by atoms with E-state index < -0.39 is 17.3 Å².